The second kappa shape index (κ2) is 6.72. The fourth-order valence-electron chi connectivity index (χ4n) is 4.43. The molecule has 0 radical (unpaired) electrons. The maximum absolute atomic E-state index is 12.9. The molecular weight excluding hydrogens is 336 g/mol. The lowest BCUT2D eigenvalue weighted by Crippen LogP contribution is -2.56. The fraction of sp³-hybridized carbons (Fsp3) is 0.526. The van der Waals surface area contributed by atoms with E-state index in [2.05, 4.69) is 5.32 Å². The van der Waals surface area contributed by atoms with Crippen molar-refractivity contribution in [1.82, 2.24) is 10.2 Å². The van der Waals surface area contributed by atoms with Gasteiger partial charge >= 0.3 is 5.97 Å². The molecule has 7 heteroatoms. The monoisotopic (exact) mass is 360 g/mol. The van der Waals surface area contributed by atoms with Crippen LogP contribution in [0.2, 0.25) is 0 Å². The lowest BCUT2D eigenvalue weighted by Gasteiger charge is -2.32. The highest BCUT2D eigenvalue weighted by molar-refractivity contribution is 6.09. The number of methoxy groups -OCH3 is 2. The Hall–Kier alpha value is -2.41. The molecule has 2 saturated heterocycles. The Morgan fingerprint density at radius 3 is 2.54 bits per heavy atom. The SMILES string of the molecule is CCC[C@]1(C(=O)OC)N[C@H](c2ccccc2OC)[C@H]2C(=O)N(C)C(=O)[C@@H]21. The van der Waals surface area contributed by atoms with E-state index in [0.717, 1.165) is 10.5 Å². The number of rotatable bonds is 5. The number of benzene rings is 1. The van der Waals surface area contributed by atoms with Crippen molar-refractivity contribution in [3.05, 3.63) is 29.8 Å². The van der Waals surface area contributed by atoms with Crippen LogP contribution in [0.4, 0.5) is 0 Å². The van der Waals surface area contributed by atoms with Gasteiger partial charge in [0.2, 0.25) is 11.8 Å². The van der Waals surface area contributed by atoms with Crippen LogP contribution in [0.3, 0.4) is 0 Å². The number of amides is 2. The van der Waals surface area contributed by atoms with Crippen molar-refractivity contribution in [3.8, 4) is 5.75 Å². The molecule has 26 heavy (non-hydrogen) atoms. The zero-order chi connectivity index (χ0) is 19.1. The van der Waals surface area contributed by atoms with E-state index in [-0.39, 0.29) is 11.8 Å². The first-order valence-corrected chi connectivity index (χ1v) is 8.73. The van der Waals surface area contributed by atoms with Crippen LogP contribution in [-0.2, 0) is 19.1 Å². The van der Waals surface area contributed by atoms with Crippen LogP contribution in [0.1, 0.15) is 31.4 Å². The average Bonchev–Trinajstić information content (AvgIpc) is 3.11. The van der Waals surface area contributed by atoms with Crippen molar-refractivity contribution >= 4 is 17.8 Å². The molecule has 0 aromatic heterocycles. The maximum Gasteiger partial charge on any atom is 0.326 e. The largest absolute Gasteiger partial charge is 0.496 e. The van der Waals surface area contributed by atoms with Gasteiger partial charge in [0, 0.05) is 18.7 Å². The van der Waals surface area contributed by atoms with Gasteiger partial charge in [-0.25, -0.2) is 0 Å². The number of nitrogens with one attached hydrogen (secondary N) is 1. The van der Waals surface area contributed by atoms with Crippen LogP contribution >= 0.6 is 0 Å². The Morgan fingerprint density at radius 2 is 1.92 bits per heavy atom. The summed E-state index contributed by atoms with van der Waals surface area (Å²) >= 11 is 0. The minimum Gasteiger partial charge on any atom is -0.496 e. The first-order valence-electron chi connectivity index (χ1n) is 8.73. The van der Waals surface area contributed by atoms with Crippen LogP contribution in [0, 0.1) is 11.8 Å². The number of hydrogen-bond acceptors (Lipinski definition) is 6. The molecule has 2 amide bonds. The van der Waals surface area contributed by atoms with Gasteiger partial charge in [-0.2, -0.15) is 0 Å². The summed E-state index contributed by atoms with van der Waals surface area (Å²) in [6.07, 6.45) is 1.06. The van der Waals surface area contributed by atoms with Crippen LogP contribution in [0.15, 0.2) is 24.3 Å². The predicted molar refractivity (Wildman–Crippen MR) is 93.3 cm³/mol. The van der Waals surface area contributed by atoms with Crippen LogP contribution < -0.4 is 10.1 Å². The van der Waals surface area contributed by atoms with E-state index >= 15 is 0 Å². The Kier molecular flexibility index (Phi) is 4.75. The number of likely N-dealkylation sites (tertiary alicyclic amines) is 1. The molecular formula is C19H24N2O5. The molecule has 2 heterocycles. The van der Waals surface area contributed by atoms with E-state index in [0.29, 0.717) is 18.6 Å². The van der Waals surface area contributed by atoms with E-state index in [1.807, 2.05) is 25.1 Å². The molecule has 140 valence electrons. The molecule has 4 atom stereocenters. The second-order valence-electron chi connectivity index (χ2n) is 6.82. The van der Waals surface area contributed by atoms with Gasteiger partial charge in [0.25, 0.3) is 0 Å². The van der Waals surface area contributed by atoms with Gasteiger partial charge in [0.15, 0.2) is 0 Å². The van der Waals surface area contributed by atoms with E-state index in [4.69, 9.17) is 9.47 Å². The van der Waals surface area contributed by atoms with E-state index < -0.39 is 29.4 Å². The number of esters is 1. The van der Waals surface area contributed by atoms with Crippen LogP contribution in [-0.4, -0.2) is 49.5 Å². The van der Waals surface area contributed by atoms with E-state index in [1.54, 1.807) is 13.2 Å². The highest BCUT2D eigenvalue weighted by Crippen LogP contribution is 2.51. The van der Waals surface area contributed by atoms with Crippen molar-refractivity contribution < 1.29 is 23.9 Å². The minimum atomic E-state index is -1.23. The standard InChI is InChI=1S/C19H24N2O5/c1-5-10-19(18(24)26-4)14-13(16(22)21(2)17(14)23)15(20-19)11-8-6-7-9-12(11)25-3/h6-9,13-15,20H,5,10H2,1-4H3/t13-,14+,15+,19-/m0/s1. The summed E-state index contributed by atoms with van der Waals surface area (Å²) < 4.78 is 10.5. The molecule has 0 unspecified atom stereocenters. The normalized spacial score (nSPS) is 30.5. The van der Waals surface area contributed by atoms with Gasteiger partial charge in [-0.15, -0.1) is 0 Å². The average molecular weight is 360 g/mol. The first-order chi connectivity index (χ1) is 12.4. The van der Waals surface area contributed by atoms with Crippen molar-refractivity contribution in [2.75, 3.05) is 21.3 Å². The van der Waals surface area contributed by atoms with Gasteiger partial charge in [0.05, 0.1) is 26.1 Å². The Bertz CT molecular complexity index is 749. The summed E-state index contributed by atoms with van der Waals surface area (Å²) in [7, 11) is 4.33. The molecule has 0 saturated carbocycles. The van der Waals surface area contributed by atoms with Gasteiger partial charge in [0.1, 0.15) is 11.3 Å². The summed E-state index contributed by atoms with van der Waals surface area (Å²) in [5, 5.41) is 3.31. The third-order valence-electron chi connectivity index (χ3n) is 5.54. The molecule has 0 aliphatic carbocycles. The van der Waals surface area contributed by atoms with Crippen molar-refractivity contribution in [1.29, 1.82) is 0 Å². The van der Waals surface area contributed by atoms with Crippen molar-refractivity contribution in [2.24, 2.45) is 11.8 Å². The zero-order valence-electron chi connectivity index (χ0n) is 15.4. The summed E-state index contributed by atoms with van der Waals surface area (Å²) in [5.74, 6) is -2.00. The third kappa shape index (κ3) is 2.41. The fourth-order valence-corrected chi connectivity index (χ4v) is 4.43. The molecule has 7 nitrogen and oxygen atoms in total. The van der Waals surface area contributed by atoms with E-state index in [1.165, 1.54) is 14.2 Å². The molecule has 1 aromatic carbocycles. The number of fused-ring (bicyclic) bond motifs is 1. The first kappa shape index (κ1) is 18.4. The maximum atomic E-state index is 12.9. The zero-order valence-corrected chi connectivity index (χ0v) is 15.4. The number of nitrogens with zero attached hydrogens (tertiary/aromatic N) is 1. The van der Waals surface area contributed by atoms with Crippen molar-refractivity contribution in [3.63, 3.8) is 0 Å². The minimum absolute atomic E-state index is 0.287. The Morgan fingerprint density at radius 1 is 1.23 bits per heavy atom. The Labute approximate surface area is 152 Å². The third-order valence-corrected chi connectivity index (χ3v) is 5.54. The van der Waals surface area contributed by atoms with Gasteiger partial charge < -0.3 is 9.47 Å². The van der Waals surface area contributed by atoms with E-state index in [9.17, 15) is 14.4 Å². The van der Waals surface area contributed by atoms with Gasteiger partial charge in [-0.05, 0) is 12.5 Å². The summed E-state index contributed by atoms with van der Waals surface area (Å²) in [5.41, 5.74) is -0.472. The quantitative estimate of drug-likeness (QED) is 0.629. The summed E-state index contributed by atoms with van der Waals surface area (Å²) in [6, 6.07) is 6.82. The Balaban J connectivity index is 2.17. The molecule has 0 bridgehead atoms. The lowest BCUT2D eigenvalue weighted by molar-refractivity contribution is -0.154. The topological polar surface area (TPSA) is 84.9 Å². The number of imide groups is 1. The number of para-hydroxylation sites is 1. The van der Waals surface area contributed by atoms with Crippen molar-refractivity contribution in [2.45, 2.75) is 31.3 Å². The molecule has 1 aromatic rings. The number of carbonyl (C=O) groups excluding carboxylic acids is 3. The number of hydrogen-bond donors (Lipinski definition) is 1. The number of ether oxygens (including phenoxy) is 2. The summed E-state index contributed by atoms with van der Waals surface area (Å²) in [6.45, 7) is 1.93. The molecule has 3 rings (SSSR count). The smallest absolute Gasteiger partial charge is 0.326 e. The summed E-state index contributed by atoms with van der Waals surface area (Å²) in [4.78, 5) is 39.6. The van der Waals surface area contributed by atoms with Gasteiger partial charge in [-0.1, -0.05) is 31.5 Å². The van der Waals surface area contributed by atoms with Crippen LogP contribution in [0.5, 0.6) is 5.75 Å². The highest BCUT2D eigenvalue weighted by Gasteiger charge is 2.68. The molecule has 0 spiro atoms. The molecule has 2 aliphatic heterocycles. The predicted octanol–water partition coefficient (Wildman–Crippen LogP) is 1.28. The molecule has 2 aliphatic rings. The second-order valence-corrected chi connectivity index (χ2v) is 6.82. The molecule has 2 fully saturated rings. The number of carbonyl (C=O) groups is 3. The highest BCUT2D eigenvalue weighted by atomic mass is 16.5. The van der Waals surface area contributed by atoms with Crippen LogP contribution in [0.25, 0.3) is 0 Å². The molecule has 1 N–H and O–H groups in total. The van der Waals surface area contributed by atoms with Gasteiger partial charge in [-0.3, -0.25) is 24.6 Å². The lowest BCUT2D eigenvalue weighted by atomic mass is 9.77.